The smallest absolute Gasteiger partial charge is 0.0928 e. The molecule has 0 aliphatic heterocycles. The van der Waals surface area contributed by atoms with Gasteiger partial charge in [-0.1, -0.05) is 0 Å². The summed E-state index contributed by atoms with van der Waals surface area (Å²) in [6.45, 7) is 4.89. The molecule has 0 rings (SSSR count). The lowest BCUT2D eigenvalue weighted by atomic mass is 10.4. The van der Waals surface area contributed by atoms with E-state index in [9.17, 15) is 0 Å². The standard InChI is InChI=1S/C12H26N4O3/c13-3-1-4-16-5-7-18-9-11-19-10-8-17-6-2-12(14)15/h3,13,16H,1-2,4-11H2,(H3,14,15). The van der Waals surface area contributed by atoms with Crippen LogP contribution in [0.2, 0.25) is 0 Å². The van der Waals surface area contributed by atoms with Crippen molar-refractivity contribution in [3.63, 3.8) is 0 Å². The Morgan fingerprint density at radius 3 is 2.11 bits per heavy atom. The van der Waals surface area contributed by atoms with Gasteiger partial charge in [-0.2, -0.15) is 0 Å². The number of nitrogens with two attached hydrogens (primary N) is 1. The van der Waals surface area contributed by atoms with Gasteiger partial charge in [-0.05, 0) is 12.6 Å². The molecular weight excluding hydrogens is 248 g/mol. The molecule has 0 amide bonds. The second-order valence-corrected chi connectivity index (χ2v) is 3.86. The fourth-order valence-corrected chi connectivity index (χ4v) is 1.17. The fourth-order valence-electron chi connectivity index (χ4n) is 1.17. The van der Waals surface area contributed by atoms with Crippen molar-refractivity contribution in [1.82, 2.24) is 5.32 Å². The number of amidine groups is 1. The average Bonchev–Trinajstić information content (AvgIpc) is 2.39. The van der Waals surface area contributed by atoms with E-state index < -0.39 is 0 Å². The summed E-state index contributed by atoms with van der Waals surface area (Å²) in [6.07, 6.45) is 2.61. The minimum Gasteiger partial charge on any atom is -0.388 e. The van der Waals surface area contributed by atoms with Crippen molar-refractivity contribution in [1.29, 1.82) is 10.8 Å². The van der Waals surface area contributed by atoms with Crippen molar-refractivity contribution in [2.45, 2.75) is 12.8 Å². The summed E-state index contributed by atoms with van der Waals surface area (Å²) in [6, 6.07) is 0. The van der Waals surface area contributed by atoms with Gasteiger partial charge in [-0.3, -0.25) is 5.41 Å². The average molecular weight is 274 g/mol. The molecule has 7 heteroatoms. The summed E-state index contributed by atoms with van der Waals surface area (Å²) < 4.78 is 15.9. The molecule has 0 radical (unpaired) electrons. The SMILES string of the molecule is N=CCCNCCOCCOCCOCCC(=N)N. The number of rotatable bonds is 15. The van der Waals surface area contributed by atoms with E-state index >= 15 is 0 Å². The van der Waals surface area contributed by atoms with E-state index in [1.165, 1.54) is 6.21 Å². The van der Waals surface area contributed by atoms with Gasteiger partial charge in [0, 0.05) is 19.5 Å². The number of hydrogen-bond acceptors (Lipinski definition) is 6. The Kier molecular flexibility index (Phi) is 14.2. The first-order valence-corrected chi connectivity index (χ1v) is 6.53. The maximum atomic E-state index is 6.99. The number of hydrogen-bond donors (Lipinski definition) is 4. The maximum absolute atomic E-state index is 6.99. The molecule has 0 bridgehead atoms. The van der Waals surface area contributed by atoms with E-state index in [1.54, 1.807) is 0 Å². The summed E-state index contributed by atoms with van der Waals surface area (Å²) in [4.78, 5) is 0. The van der Waals surface area contributed by atoms with Crippen molar-refractivity contribution in [3.05, 3.63) is 0 Å². The first kappa shape index (κ1) is 18.0. The third-order valence-corrected chi connectivity index (χ3v) is 2.15. The lowest BCUT2D eigenvalue weighted by Gasteiger charge is -2.07. The van der Waals surface area contributed by atoms with Crippen molar-refractivity contribution in [2.75, 3.05) is 52.7 Å². The molecule has 0 heterocycles. The molecule has 112 valence electrons. The van der Waals surface area contributed by atoms with Crippen LogP contribution in [-0.4, -0.2) is 64.8 Å². The van der Waals surface area contributed by atoms with Crippen LogP contribution in [0, 0.1) is 10.8 Å². The Balaban J connectivity index is 2.95. The van der Waals surface area contributed by atoms with Crippen LogP contribution in [0.1, 0.15) is 12.8 Å². The van der Waals surface area contributed by atoms with Crippen LogP contribution < -0.4 is 11.1 Å². The maximum Gasteiger partial charge on any atom is 0.0928 e. The van der Waals surface area contributed by atoms with Gasteiger partial charge in [0.25, 0.3) is 0 Å². The number of nitrogens with one attached hydrogen (secondary N) is 3. The molecule has 0 aromatic carbocycles. The van der Waals surface area contributed by atoms with E-state index in [1.807, 2.05) is 0 Å². The van der Waals surface area contributed by atoms with E-state index in [-0.39, 0.29) is 5.84 Å². The lowest BCUT2D eigenvalue weighted by Crippen LogP contribution is -2.22. The van der Waals surface area contributed by atoms with Gasteiger partial charge in [0.1, 0.15) is 0 Å². The first-order chi connectivity index (χ1) is 9.27. The first-order valence-electron chi connectivity index (χ1n) is 6.53. The Morgan fingerprint density at radius 1 is 0.947 bits per heavy atom. The Labute approximate surface area is 114 Å². The molecule has 0 saturated carbocycles. The molecule has 7 nitrogen and oxygen atoms in total. The minimum absolute atomic E-state index is 0.142. The molecule has 0 spiro atoms. The normalized spacial score (nSPS) is 10.5. The third-order valence-electron chi connectivity index (χ3n) is 2.15. The molecule has 0 saturated heterocycles. The second-order valence-electron chi connectivity index (χ2n) is 3.86. The van der Waals surface area contributed by atoms with Crippen molar-refractivity contribution < 1.29 is 14.2 Å². The van der Waals surface area contributed by atoms with Crippen molar-refractivity contribution in [2.24, 2.45) is 5.73 Å². The van der Waals surface area contributed by atoms with Crippen LogP contribution in [0.15, 0.2) is 0 Å². The molecule has 0 aliphatic rings. The summed E-state index contributed by atoms with van der Waals surface area (Å²) in [5, 5.41) is 17.0. The van der Waals surface area contributed by atoms with Crippen LogP contribution in [0.3, 0.4) is 0 Å². The lowest BCUT2D eigenvalue weighted by molar-refractivity contribution is 0.0164. The van der Waals surface area contributed by atoms with Crippen LogP contribution in [0.25, 0.3) is 0 Å². The van der Waals surface area contributed by atoms with E-state index in [0.717, 1.165) is 19.5 Å². The van der Waals surface area contributed by atoms with Gasteiger partial charge in [-0.25, -0.2) is 0 Å². The largest absolute Gasteiger partial charge is 0.388 e. The van der Waals surface area contributed by atoms with Crippen LogP contribution in [0.4, 0.5) is 0 Å². The molecule has 0 aliphatic carbocycles. The van der Waals surface area contributed by atoms with Crippen LogP contribution in [-0.2, 0) is 14.2 Å². The summed E-state index contributed by atoms with van der Waals surface area (Å²) in [5.74, 6) is 0.142. The molecular formula is C12H26N4O3. The summed E-state index contributed by atoms with van der Waals surface area (Å²) in [7, 11) is 0. The molecule has 0 aromatic heterocycles. The third kappa shape index (κ3) is 17.0. The second kappa shape index (κ2) is 15.0. The van der Waals surface area contributed by atoms with Gasteiger partial charge in [0.15, 0.2) is 0 Å². The highest BCUT2D eigenvalue weighted by Gasteiger charge is 1.93. The molecule has 5 N–H and O–H groups in total. The highest BCUT2D eigenvalue weighted by atomic mass is 16.5. The van der Waals surface area contributed by atoms with Gasteiger partial charge in [-0.15, -0.1) is 0 Å². The fraction of sp³-hybridized carbons (Fsp3) is 0.833. The zero-order valence-electron chi connectivity index (χ0n) is 11.5. The summed E-state index contributed by atoms with van der Waals surface area (Å²) >= 11 is 0. The number of ether oxygens (including phenoxy) is 3. The van der Waals surface area contributed by atoms with Crippen LogP contribution in [0.5, 0.6) is 0 Å². The summed E-state index contributed by atoms with van der Waals surface area (Å²) in [5.41, 5.74) is 5.18. The predicted octanol–water partition coefficient (Wildman–Crippen LogP) is -0.00846. The van der Waals surface area contributed by atoms with Gasteiger partial charge >= 0.3 is 0 Å². The van der Waals surface area contributed by atoms with Gasteiger partial charge in [0.2, 0.25) is 0 Å². The molecule has 0 aromatic rings. The topological polar surface area (TPSA) is 113 Å². The zero-order chi connectivity index (χ0) is 14.2. The molecule has 0 atom stereocenters. The highest BCUT2D eigenvalue weighted by Crippen LogP contribution is 1.84. The zero-order valence-corrected chi connectivity index (χ0v) is 11.5. The molecule has 19 heavy (non-hydrogen) atoms. The molecule has 0 unspecified atom stereocenters. The monoisotopic (exact) mass is 274 g/mol. The van der Waals surface area contributed by atoms with E-state index in [0.29, 0.717) is 46.1 Å². The Morgan fingerprint density at radius 2 is 1.53 bits per heavy atom. The van der Waals surface area contributed by atoms with Crippen LogP contribution >= 0.6 is 0 Å². The van der Waals surface area contributed by atoms with Gasteiger partial charge < -0.3 is 30.7 Å². The Bertz CT molecular complexity index is 227. The minimum atomic E-state index is 0.142. The van der Waals surface area contributed by atoms with Crippen molar-refractivity contribution in [3.8, 4) is 0 Å². The van der Waals surface area contributed by atoms with E-state index in [4.69, 9.17) is 30.8 Å². The Hall–Kier alpha value is -1.02. The predicted molar refractivity (Wildman–Crippen MR) is 75.3 cm³/mol. The van der Waals surface area contributed by atoms with Gasteiger partial charge in [0.05, 0.1) is 45.5 Å². The quantitative estimate of drug-likeness (QED) is 0.190. The highest BCUT2D eigenvalue weighted by molar-refractivity contribution is 5.76. The van der Waals surface area contributed by atoms with Crippen molar-refractivity contribution >= 4 is 12.1 Å². The molecule has 0 fully saturated rings. The van der Waals surface area contributed by atoms with E-state index in [2.05, 4.69) is 5.32 Å².